The second-order valence-electron chi connectivity index (χ2n) is 5.81. The molecule has 2 rings (SSSR count). The lowest BCUT2D eigenvalue weighted by Gasteiger charge is -2.08. The van der Waals surface area contributed by atoms with Crippen LogP contribution in [0.2, 0.25) is 0 Å². The summed E-state index contributed by atoms with van der Waals surface area (Å²) in [5.41, 5.74) is 9.32. The number of nitrogens with zero attached hydrogens (tertiary/aromatic N) is 3. The van der Waals surface area contributed by atoms with Gasteiger partial charge in [0.1, 0.15) is 0 Å². The lowest BCUT2D eigenvalue weighted by atomic mass is 10.1. The van der Waals surface area contributed by atoms with Crippen LogP contribution < -0.4 is 5.73 Å². The van der Waals surface area contributed by atoms with E-state index < -0.39 is 0 Å². The highest BCUT2D eigenvalue weighted by Gasteiger charge is 2.11. The maximum absolute atomic E-state index is 5.81. The van der Waals surface area contributed by atoms with Crippen molar-refractivity contribution in [2.45, 2.75) is 65.0 Å². The number of aryl methyl sites for hydroxylation is 2. The van der Waals surface area contributed by atoms with E-state index >= 15 is 0 Å². The summed E-state index contributed by atoms with van der Waals surface area (Å²) in [6, 6.07) is 10.6. The number of hydrogen-bond donors (Lipinski definition) is 1. The summed E-state index contributed by atoms with van der Waals surface area (Å²) in [7, 11) is 0. The molecule has 4 nitrogen and oxygen atoms in total. The number of rotatable bonds is 10. The van der Waals surface area contributed by atoms with Gasteiger partial charge in [-0.1, -0.05) is 68.2 Å². The molecule has 0 fully saturated rings. The molecule has 120 valence electrons. The van der Waals surface area contributed by atoms with Gasteiger partial charge in [0.05, 0.1) is 11.4 Å². The quantitative estimate of drug-likeness (QED) is 0.683. The predicted molar refractivity (Wildman–Crippen MR) is 90.5 cm³/mol. The highest BCUT2D eigenvalue weighted by atomic mass is 15.4. The maximum atomic E-state index is 5.81. The Labute approximate surface area is 133 Å². The van der Waals surface area contributed by atoms with Gasteiger partial charge in [-0.15, -0.1) is 5.10 Å². The number of benzene rings is 1. The Morgan fingerprint density at radius 2 is 1.77 bits per heavy atom. The van der Waals surface area contributed by atoms with Crippen LogP contribution in [-0.2, 0) is 25.9 Å². The zero-order valence-corrected chi connectivity index (χ0v) is 13.7. The van der Waals surface area contributed by atoms with E-state index in [1.807, 2.05) is 0 Å². The normalized spacial score (nSPS) is 11.0. The minimum absolute atomic E-state index is 0.472. The van der Waals surface area contributed by atoms with Gasteiger partial charge in [0, 0.05) is 13.1 Å². The molecule has 0 saturated heterocycles. The first-order valence-corrected chi connectivity index (χ1v) is 8.50. The third kappa shape index (κ3) is 4.95. The van der Waals surface area contributed by atoms with E-state index in [0.29, 0.717) is 6.54 Å². The molecule has 0 aliphatic rings. The highest BCUT2D eigenvalue weighted by Crippen LogP contribution is 2.12. The second-order valence-corrected chi connectivity index (χ2v) is 5.81. The van der Waals surface area contributed by atoms with Crippen molar-refractivity contribution in [3.8, 4) is 0 Å². The molecule has 2 N–H and O–H groups in total. The van der Waals surface area contributed by atoms with Crippen molar-refractivity contribution in [2.75, 3.05) is 0 Å². The zero-order chi connectivity index (χ0) is 15.6. The molecule has 1 aromatic carbocycles. The number of hydrogen-bond acceptors (Lipinski definition) is 3. The van der Waals surface area contributed by atoms with E-state index in [-0.39, 0.29) is 0 Å². The minimum Gasteiger partial charge on any atom is -0.325 e. The van der Waals surface area contributed by atoms with Crippen LogP contribution in [0.5, 0.6) is 0 Å². The molecular formula is C18H28N4. The predicted octanol–water partition coefficient (Wildman–Crippen LogP) is 3.49. The Balaban J connectivity index is 1.91. The Morgan fingerprint density at radius 1 is 1.00 bits per heavy atom. The average Bonchev–Trinajstić information content (AvgIpc) is 2.95. The van der Waals surface area contributed by atoms with Crippen molar-refractivity contribution in [2.24, 2.45) is 5.73 Å². The van der Waals surface area contributed by atoms with Crippen molar-refractivity contribution in [1.82, 2.24) is 15.0 Å². The van der Waals surface area contributed by atoms with Crippen molar-refractivity contribution in [3.05, 3.63) is 47.3 Å². The van der Waals surface area contributed by atoms with E-state index in [1.54, 1.807) is 0 Å². The third-order valence-corrected chi connectivity index (χ3v) is 4.08. The van der Waals surface area contributed by atoms with Crippen molar-refractivity contribution >= 4 is 0 Å². The van der Waals surface area contributed by atoms with Gasteiger partial charge >= 0.3 is 0 Å². The molecule has 0 unspecified atom stereocenters. The number of aromatic nitrogens is 3. The van der Waals surface area contributed by atoms with Gasteiger partial charge in [0.2, 0.25) is 0 Å². The lowest BCUT2D eigenvalue weighted by Crippen LogP contribution is -2.09. The van der Waals surface area contributed by atoms with E-state index in [2.05, 4.69) is 52.2 Å². The molecular weight excluding hydrogens is 272 g/mol. The monoisotopic (exact) mass is 300 g/mol. The largest absolute Gasteiger partial charge is 0.325 e. The molecule has 22 heavy (non-hydrogen) atoms. The molecule has 0 aliphatic heterocycles. The van der Waals surface area contributed by atoms with Crippen molar-refractivity contribution in [3.63, 3.8) is 0 Å². The van der Waals surface area contributed by atoms with E-state index in [4.69, 9.17) is 5.73 Å². The number of unbranched alkanes of at least 4 members (excludes halogenated alkanes) is 4. The van der Waals surface area contributed by atoms with Gasteiger partial charge < -0.3 is 5.73 Å². The fourth-order valence-corrected chi connectivity index (χ4v) is 2.75. The summed E-state index contributed by atoms with van der Waals surface area (Å²) in [5, 5.41) is 8.55. The van der Waals surface area contributed by atoms with Gasteiger partial charge in [0.25, 0.3) is 0 Å². The standard InChI is InChI=1S/C18H28N4/c1-2-3-4-5-9-14-22-18(17(15-19)20-21-22)13-12-16-10-7-6-8-11-16/h6-8,10-11H,2-5,9,12-15,19H2,1H3. The Bertz CT molecular complexity index is 533. The first kappa shape index (κ1) is 16.7. The zero-order valence-electron chi connectivity index (χ0n) is 13.7. The molecule has 4 heteroatoms. The number of nitrogens with two attached hydrogens (primary N) is 1. The molecule has 0 spiro atoms. The molecule has 0 radical (unpaired) electrons. The van der Waals surface area contributed by atoms with Crippen LogP contribution in [-0.4, -0.2) is 15.0 Å². The van der Waals surface area contributed by atoms with E-state index in [1.165, 1.54) is 43.4 Å². The van der Waals surface area contributed by atoms with Crippen molar-refractivity contribution < 1.29 is 0 Å². The third-order valence-electron chi connectivity index (χ3n) is 4.08. The molecule has 0 saturated carbocycles. The van der Waals surface area contributed by atoms with Gasteiger partial charge in [-0.05, 0) is 24.8 Å². The van der Waals surface area contributed by atoms with Gasteiger partial charge in [-0.25, -0.2) is 4.68 Å². The van der Waals surface area contributed by atoms with Crippen LogP contribution in [0.4, 0.5) is 0 Å². The Morgan fingerprint density at radius 3 is 2.50 bits per heavy atom. The van der Waals surface area contributed by atoms with Crippen LogP contribution in [0.1, 0.15) is 56.0 Å². The van der Waals surface area contributed by atoms with E-state index in [9.17, 15) is 0 Å². The molecule has 0 aliphatic carbocycles. The average molecular weight is 300 g/mol. The SMILES string of the molecule is CCCCCCCn1nnc(CN)c1CCc1ccccc1. The summed E-state index contributed by atoms with van der Waals surface area (Å²) in [6.45, 7) is 3.67. The summed E-state index contributed by atoms with van der Waals surface area (Å²) in [5.74, 6) is 0. The summed E-state index contributed by atoms with van der Waals surface area (Å²) in [6.07, 6.45) is 8.33. The lowest BCUT2D eigenvalue weighted by molar-refractivity contribution is 0.506. The summed E-state index contributed by atoms with van der Waals surface area (Å²) < 4.78 is 2.07. The fourth-order valence-electron chi connectivity index (χ4n) is 2.75. The first-order valence-electron chi connectivity index (χ1n) is 8.50. The second kappa shape index (κ2) is 9.36. The Hall–Kier alpha value is -1.68. The first-order chi connectivity index (χ1) is 10.8. The molecule has 0 amide bonds. The summed E-state index contributed by atoms with van der Waals surface area (Å²) >= 11 is 0. The topological polar surface area (TPSA) is 56.7 Å². The molecule has 1 aromatic heterocycles. The minimum atomic E-state index is 0.472. The van der Waals surface area contributed by atoms with Crippen LogP contribution >= 0.6 is 0 Å². The van der Waals surface area contributed by atoms with Gasteiger partial charge in [-0.3, -0.25) is 0 Å². The van der Waals surface area contributed by atoms with Gasteiger partial charge in [0.15, 0.2) is 0 Å². The highest BCUT2D eigenvalue weighted by molar-refractivity contribution is 5.18. The van der Waals surface area contributed by atoms with Gasteiger partial charge in [-0.2, -0.15) is 0 Å². The smallest absolute Gasteiger partial charge is 0.0994 e. The summed E-state index contributed by atoms with van der Waals surface area (Å²) in [4.78, 5) is 0. The Kier molecular flexibility index (Phi) is 7.10. The molecule has 1 heterocycles. The van der Waals surface area contributed by atoms with Crippen LogP contribution in [0, 0.1) is 0 Å². The van der Waals surface area contributed by atoms with Crippen LogP contribution in [0.25, 0.3) is 0 Å². The van der Waals surface area contributed by atoms with Crippen molar-refractivity contribution in [1.29, 1.82) is 0 Å². The molecule has 2 aromatic rings. The van der Waals surface area contributed by atoms with Crippen LogP contribution in [0.15, 0.2) is 30.3 Å². The van der Waals surface area contributed by atoms with E-state index in [0.717, 1.165) is 25.1 Å². The molecule has 0 atom stereocenters. The maximum Gasteiger partial charge on any atom is 0.0994 e. The van der Waals surface area contributed by atoms with Crippen LogP contribution in [0.3, 0.4) is 0 Å². The molecule has 0 bridgehead atoms. The fraction of sp³-hybridized carbons (Fsp3) is 0.556.